The van der Waals surface area contributed by atoms with Crippen LogP contribution in [-0.2, 0) is 19.4 Å². The third-order valence-electron chi connectivity index (χ3n) is 2.57. The van der Waals surface area contributed by atoms with Gasteiger partial charge in [0.25, 0.3) is 0 Å². The van der Waals surface area contributed by atoms with Crippen LogP contribution in [0.3, 0.4) is 0 Å². The maximum atomic E-state index is 10.9. The predicted molar refractivity (Wildman–Crippen MR) is 64.4 cm³/mol. The summed E-state index contributed by atoms with van der Waals surface area (Å²) in [7, 11) is 0. The van der Waals surface area contributed by atoms with E-state index in [2.05, 4.69) is 21.8 Å². The van der Waals surface area contributed by atoms with Crippen molar-refractivity contribution < 1.29 is 9.90 Å². The highest BCUT2D eigenvalue weighted by Gasteiger charge is 2.16. The molecule has 0 unspecified atom stereocenters. The van der Waals surface area contributed by atoms with E-state index in [1.54, 1.807) is 16.0 Å². The standard InChI is InChI=1S/C11H13N3O2S/c1-2-9-10(11(15)16)12-13-14(9)5-3-8-4-6-17-7-8/h4,6-7H,2-3,5H2,1H3,(H,15,16). The Balaban J connectivity index is 2.13. The summed E-state index contributed by atoms with van der Waals surface area (Å²) in [6.45, 7) is 2.58. The van der Waals surface area contributed by atoms with Crippen molar-refractivity contribution in [2.45, 2.75) is 26.3 Å². The molecule has 0 amide bonds. The van der Waals surface area contributed by atoms with E-state index in [1.807, 2.05) is 12.3 Å². The second kappa shape index (κ2) is 5.09. The molecular formula is C11H13N3O2S. The van der Waals surface area contributed by atoms with Crippen molar-refractivity contribution in [3.05, 3.63) is 33.8 Å². The van der Waals surface area contributed by atoms with Gasteiger partial charge in [0.2, 0.25) is 0 Å². The number of carboxylic acids is 1. The number of aryl methyl sites for hydroxylation is 2. The molecule has 0 saturated carbocycles. The molecule has 0 bridgehead atoms. The van der Waals surface area contributed by atoms with Crippen LogP contribution in [0, 0.1) is 0 Å². The molecule has 0 aliphatic heterocycles. The van der Waals surface area contributed by atoms with Gasteiger partial charge in [0, 0.05) is 6.54 Å². The lowest BCUT2D eigenvalue weighted by Crippen LogP contribution is -2.09. The Morgan fingerprint density at radius 3 is 3.00 bits per heavy atom. The van der Waals surface area contributed by atoms with Gasteiger partial charge in [-0.3, -0.25) is 0 Å². The van der Waals surface area contributed by atoms with Gasteiger partial charge in [0.05, 0.1) is 5.69 Å². The van der Waals surface area contributed by atoms with Gasteiger partial charge in [-0.1, -0.05) is 12.1 Å². The van der Waals surface area contributed by atoms with Gasteiger partial charge in [-0.05, 0) is 35.2 Å². The molecule has 0 spiro atoms. The number of carbonyl (C=O) groups is 1. The van der Waals surface area contributed by atoms with Crippen molar-refractivity contribution in [1.29, 1.82) is 0 Å². The Kier molecular flexibility index (Phi) is 3.53. The Morgan fingerprint density at radius 2 is 2.41 bits per heavy atom. The van der Waals surface area contributed by atoms with Crippen molar-refractivity contribution in [2.75, 3.05) is 0 Å². The average Bonchev–Trinajstić information content (AvgIpc) is 2.95. The molecule has 90 valence electrons. The van der Waals surface area contributed by atoms with E-state index in [0.717, 1.165) is 6.42 Å². The number of hydrogen-bond donors (Lipinski definition) is 1. The fourth-order valence-corrected chi connectivity index (χ4v) is 2.40. The van der Waals surface area contributed by atoms with Crippen LogP contribution in [0.15, 0.2) is 16.8 Å². The topological polar surface area (TPSA) is 68.0 Å². The Bertz CT molecular complexity index is 505. The Labute approximate surface area is 103 Å². The monoisotopic (exact) mass is 251 g/mol. The molecule has 0 aliphatic carbocycles. The van der Waals surface area contributed by atoms with Gasteiger partial charge in [-0.2, -0.15) is 11.3 Å². The molecule has 2 aromatic rings. The fourth-order valence-electron chi connectivity index (χ4n) is 1.70. The number of carboxylic acid groups (broad SMARTS) is 1. The Morgan fingerprint density at radius 1 is 1.59 bits per heavy atom. The summed E-state index contributed by atoms with van der Waals surface area (Å²) in [6, 6.07) is 2.06. The van der Waals surface area contributed by atoms with Crippen molar-refractivity contribution in [3.8, 4) is 0 Å². The van der Waals surface area contributed by atoms with E-state index in [0.29, 0.717) is 18.7 Å². The maximum Gasteiger partial charge on any atom is 0.358 e. The molecular weight excluding hydrogens is 238 g/mol. The fraction of sp³-hybridized carbons (Fsp3) is 0.364. The molecule has 5 nitrogen and oxygen atoms in total. The minimum Gasteiger partial charge on any atom is -0.476 e. The van der Waals surface area contributed by atoms with Crippen molar-refractivity contribution in [1.82, 2.24) is 15.0 Å². The molecule has 2 heterocycles. The van der Waals surface area contributed by atoms with Gasteiger partial charge in [0.1, 0.15) is 0 Å². The van der Waals surface area contributed by atoms with Gasteiger partial charge in [0.15, 0.2) is 5.69 Å². The first-order valence-corrected chi connectivity index (χ1v) is 6.33. The lowest BCUT2D eigenvalue weighted by Gasteiger charge is -2.03. The van der Waals surface area contributed by atoms with Crippen LogP contribution in [0.2, 0.25) is 0 Å². The van der Waals surface area contributed by atoms with Gasteiger partial charge < -0.3 is 5.11 Å². The molecule has 0 atom stereocenters. The van der Waals surface area contributed by atoms with Crippen LogP contribution in [0.5, 0.6) is 0 Å². The molecule has 0 aromatic carbocycles. The van der Waals surface area contributed by atoms with Crippen molar-refractivity contribution in [2.24, 2.45) is 0 Å². The lowest BCUT2D eigenvalue weighted by atomic mass is 10.2. The molecule has 0 aliphatic rings. The quantitative estimate of drug-likeness (QED) is 0.880. The molecule has 17 heavy (non-hydrogen) atoms. The van der Waals surface area contributed by atoms with Gasteiger partial charge in [-0.25, -0.2) is 9.48 Å². The smallest absolute Gasteiger partial charge is 0.358 e. The number of rotatable bonds is 5. The summed E-state index contributed by atoms with van der Waals surface area (Å²) in [6.07, 6.45) is 1.47. The van der Waals surface area contributed by atoms with Crippen LogP contribution < -0.4 is 0 Å². The first-order chi connectivity index (χ1) is 8.22. The van der Waals surface area contributed by atoms with E-state index in [-0.39, 0.29) is 5.69 Å². The maximum absolute atomic E-state index is 10.9. The first kappa shape index (κ1) is 11.8. The van der Waals surface area contributed by atoms with E-state index in [4.69, 9.17) is 5.11 Å². The van der Waals surface area contributed by atoms with Crippen LogP contribution in [0.25, 0.3) is 0 Å². The zero-order chi connectivity index (χ0) is 12.3. The number of aromatic carboxylic acids is 1. The highest BCUT2D eigenvalue weighted by molar-refractivity contribution is 7.07. The predicted octanol–water partition coefficient (Wildman–Crippen LogP) is 1.84. The molecule has 1 N–H and O–H groups in total. The molecule has 2 aromatic heterocycles. The van der Waals surface area contributed by atoms with E-state index in [1.165, 1.54) is 5.56 Å². The third kappa shape index (κ3) is 2.52. The van der Waals surface area contributed by atoms with Crippen LogP contribution in [-0.4, -0.2) is 26.1 Å². The largest absolute Gasteiger partial charge is 0.476 e. The molecule has 0 radical (unpaired) electrons. The minimum atomic E-state index is -1.01. The van der Waals surface area contributed by atoms with Gasteiger partial charge >= 0.3 is 5.97 Å². The van der Waals surface area contributed by atoms with E-state index < -0.39 is 5.97 Å². The second-order valence-electron chi connectivity index (χ2n) is 3.65. The summed E-state index contributed by atoms with van der Waals surface area (Å²) in [4.78, 5) is 10.9. The normalized spacial score (nSPS) is 10.6. The van der Waals surface area contributed by atoms with Crippen molar-refractivity contribution >= 4 is 17.3 Å². The van der Waals surface area contributed by atoms with E-state index in [9.17, 15) is 4.79 Å². The minimum absolute atomic E-state index is 0.0674. The second-order valence-corrected chi connectivity index (χ2v) is 4.43. The van der Waals surface area contributed by atoms with Gasteiger partial charge in [-0.15, -0.1) is 5.10 Å². The van der Waals surface area contributed by atoms with Crippen LogP contribution in [0.1, 0.15) is 28.7 Å². The molecule has 0 fully saturated rings. The average molecular weight is 251 g/mol. The van der Waals surface area contributed by atoms with E-state index >= 15 is 0 Å². The van der Waals surface area contributed by atoms with Crippen LogP contribution >= 0.6 is 11.3 Å². The summed E-state index contributed by atoms with van der Waals surface area (Å²) in [5, 5.41) is 20.7. The molecule has 2 rings (SSSR count). The first-order valence-electron chi connectivity index (χ1n) is 5.39. The van der Waals surface area contributed by atoms with Crippen LogP contribution in [0.4, 0.5) is 0 Å². The summed E-state index contributed by atoms with van der Waals surface area (Å²) < 4.78 is 1.68. The number of aromatic nitrogens is 3. The highest BCUT2D eigenvalue weighted by atomic mass is 32.1. The summed E-state index contributed by atoms with van der Waals surface area (Å²) in [5.41, 5.74) is 2.00. The highest BCUT2D eigenvalue weighted by Crippen LogP contribution is 2.10. The zero-order valence-corrected chi connectivity index (χ0v) is 10.3. The molecule has 6 heteroatoms. The number of thiophene rings is 1. The zero-order valence-electron chi connectivity index (χ0n) is 9.46. The Hall–Kier alpha value is -1.69. The summed E-state index contributed by atoms with van der Waals surface area (Å²) in [5.74, 6) is -1.01. The third-order valence-corrected chi connectivity index (χ3v) is 3.30. The molecule has 0 saturated heterocycles. The SMILES string of the molecule is CCc1c(C(=O)O)nnn1CCc1ccsc1. The number of nitrogens with zero attached hydrogens (tertiary/aromatic N) is 3. The summed E-state index contributed by atoms with van der Waals surface area (Å²) >= 11 is 1.66. The number of hydrogen-bond acceptors (Lipinski definition) is 4. The van der Waals surface area contributed by atoms with Crippen molar-refractivity contribution in [3.63, 3.8) is 0 Å². The lowest BCUT2D eigenvalue weighted by molar-refractivity contribution is 0.0689.